The zero-order chi connectivity index (χ0) is 10.4. The van der Waals surface area contributed by atoms with Gasteiger partial charge in [0.15, 0.2) is 0 Å². The summed E-state index contributed by atoms with van der Waals surface area (Å²) in [6, 6.07) is 7.60. The van der Waals surface area contributed by atoms with Crippen molar-refractivity contribution in [2.24, 2.45) is 0 Å². The number of nitrogens with zero attached hydrogens (tertiary/aromatic N) is 1. The Labute approximate surface area is 96.8 Å². The van der Waals surface area contributed by atoms with Crippen LogP contribution in [-0.4, -0.2) is 4.98 Å². The summed E-state index contributed by atoms with van der Waals surface area (Å²) in [6.45, 7) is 0. The lowest BCUT2D eigenvalue weighted by atomic mass is 10.2. The lowest BCUT2D eigenvalue weighted by Crippen LogP contribution is -1.90. The standard InChI is InChI=1S/C10H4BrNO2S/c11-6-1-2-7-5(3-6)4-8-9(14-7)12-10(13)15-8/h1-4H. The maximum atomic E-state index is 11.1. The van der Waals surface area contributed by atoms with Gasteiger partial charge < -0.3 is 4.42 Å². The second kappa shape index (κ2) is 3.15. The molecule has 3 rings (SSSR count). The fourth-order valence-corrected chi connectivity index (χ4v) is 2.49. The highest BCUT2D eigenvalue weighted by molar-refractivity contribution is 9.10. The summed E-state index contributed by atoms with van der Waals surface area (Å²) >= 11 is 4.48. The predicted octanol–water partition coefficient (Wildman–Crippen LogP) is 3.12. The number of hydrogen-bond acceptors (Lipinski definition) is 4. The van der Waals surface area contributed by atoms with Gasteiger partial charge in [-0.25, -0.2) is 0 Å². The Morgan fingerprint density at radius 3 is 3.07 bits per heavy atom. The van der Waals surface area contributed by atoms with Crippen molar-refractivity contribution in [1.82, 2.24) is 4.98 Å². The molecule has 0 spiro atoms. The number of hydrogen-bond donors (Lipinski definition) is 0. The van der Waals surface area contributed by atoms with Crippen LogP contribution in [0.1, 0.15) is 0 Å². The van der Waals surface area contributed by atoms with Crippen LogP contribution < -0.4 is 4.87 Å². The van der Waals surface area contributed by atoms with Crippen LogP contribution in [0.2, 0.25) is 0 Å². The predicted molar refractivity (Wildman–Crippen MR) is 62.5 cm³/mol. The first-order valence-electron chi connectivity index (χ1n) is 4.22. The number of aromatic nitrogens is 1. The van der Waals surface area contributed by atoms with Gasteiger partial charge in [0.25, 0.3) is 0 Å². The van der Waals surface area contributed by atoms with Crippen LogP contribution in [0.4, 0.5) is 0 Å². The van der Waals surface area contributed by atoms with Gasteiger partial charge in [0.05, 0.1) is 4.88 Å². The van der Waals surface area contributed by atoms with Crippen LogP contribution in [0, 0.1) is 0 Å². The van der Waals surface area contributed by atoms with Crippen molar-refractivity contribution in [3.63, 3.8) is 0 Å². The van der Waals surface area contributed by atoms with Crippen molar-refractivity contribution in [3.8, 4) is 10.8 Å². The van der Waals surface area contributed by atoms with E-state index in [9.17, 15) is 4.79 Å². The second-order valence-corrected chi connectivity index (χ2v) is 4.99. The molecule has 1 aromatic carbocycles. The summed E-state index contributed by atoms with van der Waals surface area (Å²) in [6.07, 6.45) is 0. The highest BCUT2D eigenvalue weighted by atomic mass is 79.9. The Hall–Kier alpha value is -1.20. The Morgan fingerprint density at radius 1 is 1.33 bits per heavy atom. The van der Waals surface area contributed by atoms with Crippen molar-refractivity contribution in [2.45, 2.75) is 0 Å². The molecular formula is C10H4BrNO2S. The molecule has 0 bridgehead atoms. The molecule has 1 aromatic rings. The minimum absolute atomic E-state index is 0.219. The quantitative estimate of drug-likeness (QED) is 0.636. The molecule has 2 aliphatic rings. The molecule has 0 atom stereocenters. The molecule has 0 N–H and O–H groups in total. The highest BCUT2D eigenvalue weighted by Gasteiger charge is 2.12. The fraction of sp³-hybridized carbons (Fsp3) is 0. The largest absolute Gasteiger partial charge is 0.437 e. The molecule has 74 valence electrons. The van der Waals surface area contributed by atoms with Gasteiger partial charge in [-0.05, 0) is 24.3 Å². The maximum Gasteiger partial charge on any atom is 0.330 e. The molecule has 0 aromatic heterocycles. The molecule has 0 saturated heterocycles. The van der Waals surface area contributed by atoms with Crippen LogP contribution in [0.15, 0.2) is 37.9 Å². The minimum Gasteiger partial charge on any atom is -0.437 e. The Bertz CT molecular complexity index is 673. The molecule has 0 unspecified atom stereocenters. The Balaban J connectivity index is 2.48. The molecule has 0 saturated carbocycles. The average Bonchev–Trinajstić information content (AvgIpc) is 2.53. The van der Waals surface area contributed by atoms with Gasteiger partial charge in [0.2, 0.25) is 5.89 Å². The SMILES string of the molecule is O=c1nc2oc3ccc(Br)cc3cc-2s1. The van der Waals surface area contributed by atoms with Crippen molar-refractivity contribution in [1.29, 1.82) is 0 Å². The van der Waals surface area contributed by atoms with Gasteiger partial charge in [-0.2, -0.15) is 4.98 Å². The summed E-state index contributed by atoms with van der Waals surface area (Å²) in [4.78, 5) is 15.4. The van der Waals surface area contributed by atoms with Gasteiger partial charge in [0.1, 0.15) is 5.58 Å². The first-order chi connectivity index (χ1) is 7.22. The fourth-order valence-electron chi connectivity index (χ4n) is 1.43. The first kappa shape index (κ1) is 9.06. The minimum atomic E-state index is -0.219. The van der Waals surface area contributed by atoms with Crippen LogP contribution in [0.3, 0.4) is 0 Å². The summed E-state index contributed by atoms with van der Waals surface area (Å²) in [5.74, 6) is 0.417. The topological polar surface area (TPSA) is 43.1 Å². The summed E-state index contributed by atoms with van der Waals surface area (Å²) < 4.78 is 6.48. The van der Waals surface area contributed by atoms with E-state index in [1.165, 1.54) is 0 Å². The van der Waals surface area contributed by atoms with Crippen molar-refractivity contribution >= 4 is 38.2 Å². The third-order valence-corrected chi connectivity index (χ3v) is 3.34. The maximum absolute atomic E-state index is 11.1. The molecule has 5 heteroatoms. The number of benzene rings is 1. The molecule has 0 radical (unpaired) electrons. The smallest absolute Gasteiger partial charge is 0.330 e. The van der Waals surface area contributed by atoms with E-state index in [-0.39, 0.29) is 4.87 Å². The first-order valence-corrected chi connectivity index (χ1v) is 5.83. The van der Waals surface area contributed by atoms with Gasteiger partial charge in [-0.15, -0.1) is 0 Å². The van der Waals surface area contributed by atoms with Crippen LogP contribution in [0.5, 0.6) is 0 Å². The second-order valence-electron chi connectivity index (χ2n) is 3.08. The van der Waals surface area contributed by atoms with Crippen LogP contribution in [0.25, 0.3) is 21.7 Å². The van der Waals surface area contributed by atoms with Crippen LogP contribution in [-0.2, 0) is 0 Å². The number of fused-ring (bicyclic) bond motifs is 2. The average molecular weight is 282 g/mol. The lowest BCUT2D eigenvalue weighted by Gasteiger charge is -2.00. The van der Waals surface area contributed by atoms with Crippen molar-refractivity contribution in [3.05, 3.63) is 38.4 Å². The zero-order valence-corrected chi connectivity index (χ0v) is 9.76. The van der Waals surface area contributed by atoms with Crippen molar-refractivity contribution < 1.29 is 4.42 Å². The Morgan fingerprint density at radius 2 is 2.20 bits per heavy atom. The van der Waals surface area contributed by atoms with Crippen molar-refractivity contribution in [2.75, 3.05) is 0 Å². The van der Waals surface area contributed by atoms with Gasteiger partial charge in [-0.1, -0.05) is 27.3 Å². The molecular weight excluding hydrogens is 278 g/mol. The van der Waals surface area contributed by atoms with Crippen LogP contribution >= 0.6 is 27.3 Å². The molecule has 15 heavy (non-hydrogen) atoms. The number of thiazole rings is 1. The summed E-state index contributed by atoms with van der Waals surface area (Å²) in [7, 11) is 0. The van der Waals surface area contributed by atoms with E-state index >= 15 is 0 Å². The van der Waals surface area contributed by atoms with Gasteiger partial charge in [0, 0.05) is 9.86 Å². The number of rotatable bonds is 0. The molecule has 0 amide bonds. The highest BCUT2D eigenvalue weighted by Crippen LogP contribution is 2.29. The summed E-state index contributed by atoms with van der Waals surface area (Å²) in [5.41, 5.74) is 0.732. The molecule has 2 heterocycles. The van der Waals surface area contributed by atoms with E-state index in [1.807, 2.05) is 24.3 Å². The third kappa shape index (κ3) is 1.48. The van der Waals surface area contributed by atoms with E-state index < -0.39 is 0 Å². The lowest BCUT2D eigenvalue weighted by molar-refractivity contribution is 0.602. The molecule has 2 aliphatic heterocycles. The normalized spacial score (nSPS) is 11.3. The zero-order valence-electron chi connectivity index (χ0n) is 7.36. The molecule has 0 aliphatic carbocycles. The van der Waals surface area contributed by atoms with E-state index in [0.717, 1.165) is 31.7 Å². The van der Waals surface area contributed by atoms with E-state index in [0.29, 0.717) is 5.89 Å². The van der Waals surface area contributed by atoms with E-state index in [2.05, 4.69) is 20.9 Å². The molecule has 3 nitrogen and oxygen atoms in total. The van der Waals surface area contributed by atoms with E-state index in [1.54, 1.807) is 0 Å². The molecule has 0 fully saturated rings. The third-order valence-electron chi connectivity index (χ3n) is 2.07. The Kier molecular flexibility index (Phi) is 1.90. The number of halogens is 1. The van der Waals surface area contributed by atoms with Gasteiger partial charge >= 0.3 is 4.87 Å². The van der Waals surface area contributed by atoms with Gasteiger partial charge in [-0.3, -0.25) is 4.79 Å². The van der Waals surface area contributed by atoms with E-state index in [4.69, 9.17) is 4.42 Å². The summed E-state index contributed by atoms with van der Waals surface area (Å²) in [5, 5.41) is 0.959. The monoisotopic (exact) mass is 281 g/mol.